The molecule has 0 bridgehead atoms. The number of benzene rings is 6. The first kappa shape index (κ1) is 27.2. The van der Waals surface area contributed by atoms with Gasteiger partial charge in [0, 0.05) is 32.8 Å². The largest absolute Gasteiger partial charge is 0.455 e. The molecule has 0 N–H and O–H groups in total. The third-order valence-electron chi connectivity index (χ3n) is 8.77. The van der Waals surface area contributed by atoms with E-state index in [-0.39, 0.29) is 11.1 Å². The Morgan fingerprint density at radius 2 is 1.10 bits per heavy atom. The number of furan rings is 1. The first-order valence-corrected chi connectivity index (χ1v) is 15.4. The molecule has 0 spiro atoms. The van der Waals surface area contributed by atoms with Crippen LogP contribution in [0.3, 0.4) is 0 Å². The van der Waals surface area contributed by atoms with Crippen molar-refractivity contribution >= 4 is 43.7 Å². The summed E-state index contributed by atoms with van der Waals surface area (Å²) in [4.78, 5) is 14.4. The molecule has 0 fully saturated rings. The van der Waals surface area contributed by atoms with Crippen molar-refractivity contribution in [3.63, 3.8) is 0 Å². The second-order valence-corrected chi connectivity index (χ2v) is 11.4. The Morgan fingerprint density at radius 1 is 0.500 bits per heavy atom. The number of rotatable bonds is 4. The van der Waals surface area contributed by atoms with Crippen molar-refractivity contribution in [1.82, 2.24) is 19.5 Å². The summed E-state index contributed by atoms with van der Waals surface area (Å²) in [6, 6.07) is 47.9. The molecule has 7 nitrogen and oxygen atoms in total. The molecule has 0 amide bonds. The smallest absolute Gasteiger partial charge is 0.165 e. The minimum absolute atomic E-state index is 0.190. The van der Waals surface area contributed by atoms with Crippen LogP contribution in [0.1, 0.15) is 11.1 Å². The number of hydrogen-bond acceptors (Lipinski definition) is 6. The van der Waals surface area contributed by atoms with Gasteiger partial charge in [0.05, 0.1) is 33.2 Å². The number of para-hydroxylation sites is 2. The molecule has 9 aromatic rings. The van der Waals surface area contributed by atoms with Crippen molar-refractivity contribution in [2.75, 3.05) is 0 Å². The molecular formula is C41H22N6O. The van der Waals surface area contributed by atoms with E-state index < -0.39 is 0 Å². The lowest BCUT2D eigenvalue weighted by Gasteiger charge is -2.14. The summed E-state index contributed by atoms with van der Waals surface area (Å²) in [5.74, 6) is 1.26. The van der Waals surface area contributed by atoms with Gasteiger partial charge in [0.15, 0.2) is 17.5 Å². The molecule has 0 atom stereocenters. The van der Waals surface area contributed by atoms with Gasteiger partial charge in [-0.05, 0) is 36.4 Å². The van der Waals surface area contributed by atoms with Gasteiger partial charge in [-0.1, -0.05) is 97.1 Å². The minimum atomic E-state index is 0.190. The fourth-order valence-corrected chi connectivity index (χ4v) is 6.62. The summed E-state index contributed by atoms with van der Waals surface area (Å²) < 4.78 is 8.48. The summed E-state index contributed by atoms with van der Waals surface area (Å²) in [6.45, 7) is 0. The van der Waals surface area contributed by atoms with E-state index in [0.717, 1.165) is 54.9 Å². The SMILES string of the molecule is N#Cc1c(-c2nc(-c3ccccc3)nc(-c3ccccc3)n2)ccc(-n2c3ccccc3c3c4oc5ccccc5c4ccc32)c1C#N. The van der Waals surface area contributed by atoms with E-state index in [1.807, 2.05) is 114 Å². The van der Waals surface area contributed by atoms with Crippen LogP contribution in [0.25, 0.3) is 83.6 Å². The fourth-order valence-electron chi connectivity index (χ4n) is 6.62. The van der Waals surface area contributed by atoms with Crippen molar-refractivity contribution in [2.24, 2.45) is 0 Å². The number of hydrogen-bond donors (Lipinski definition) is 0. The summed E-state index contributed by atoms with van der Waals surface area (Å²) in [5.41, 5.74) is 6.45. The lowest BCUT2D eigenvalue weighted by molar-refractivity contribution is 0.673. The van der Waals surface area contributed by atoms with Crippen LogP contribution in [-0.4, -0.2) is 19.5 Å². The standard InChI is InChI=1S/C41H22N6O/c42-23-31-29(41-45-39(25-11-3-1-4-12-25)44-40(46-41)26-13-5-2-6-14-26)20-21-34(32(31)24-43)47-33-17-9-7-16-30(33)37-35(47)22-19-28-27-15-8-10-18-36(27)48-38(28)37/h1-22H. The summed E-state index contributed by atoms with van der Waals surface area (Å²) >= 11 is 0. The number of nitrogens with zero attached hydrogens (tertiary/aromatic N) is 6. The maximum atomic E-state index is 10.7. The molecule has 3 heterocycles. The Hall–Kier alpha value is -7.09. The monoisotopic (exact) mass is 614 g/mol. The molecule has 3 aromatic heterocycles. The predicted octanol–water partition coefficient (Wildman–Crippen LogP) is 9.61. The van der Waals surface area contributed by atoms with Gasteiger partial charge < -0.3 is 8.98 Å². The van der Waals surface area contributed by atoms with Crippen molar-refractivity contribution in [3.8, 4) is 52.0 Å². The zero-order chi connectivity index (χ0) is 32.2. The first-order valence-electron chi connectivity index (χ1n) is 15.4. The second kappa shape index (κ2) is 10.8. The predicted molar refractivity (Wildman–Crippen MR) is 187 cm³/mol. The molecule has 48 heavy (non-hydrogen) atoms. The number of fused-ring (bicyclic) bond motifs is 7. The molecule has 0 radical (unpaired) electrons. The third kappa shape index (κ3) is 4.09. The zero-order valence-corrected chi connectivity index (χ0v) is 25.3. The molecular weight excluding hydrogens is 592 g/mol. The molecule has 9 rings (SSSR count). The van der Waals surface area contributed by atoms with Gasteiger partial charge >= 0.3 is 0 Å². The molecule has 6 aromatic carbocycles. The van der Waals surface area contributed by atoms with Gasteiger partial charge in [0.1, 0.15) is 23.3 Å². The summed E-state index contributed by atoms with van der Waals surface area (Å²) in [6.07, 6.45) is 0. The molecule has 0 saturated carbocycles. The molecule has 0 aliphatic carbocycles. The Morgan fingerprint density at radius 3 is 1.79 bits per heavy atom. The van der Waals surface area contributed by atoms with Crippen LogP contribution in [-0.2, 0) is 0 Å². The molecule has 0 unspecified atom stereocenters. The normalized spacial score (nSPS) is 11.3. The maximum absolute atomic E-state index is 10.7. The van der Waals surface area contributed by atoms with Crippen LogP contribution in [0.4, 0.5) is 0 Å². The highest BCUT2D eigenvalue weighted by atomic mass is 16.3. The highest BCUT2D eigenvalue weighted by Gasteiger charge is 2.24. The summed E-state index contributed by atoms with van der Waals surface area (Å²) in [5, 5.41) is 25.3. The lowest BCUT2D eigenvalue weighted by Crippen LogP contribution is -2.05. The molecule has 0 saturated heterocycles. The fraction of sp³-hybridized carbons (Fsp3) is 0. The van der Waals surface area contributed by atoms with E-state index >= 15 is 0 Å². The van der Waals surface area contributed by atoms with Crippen LogP contribution in [0, 0.1) is 22.7 Å². The van der Waals surface area contributed by atoms with Gasteiger partial charge in [-0.25, -0.2) is 15.0 Å². The minimum Gasteiger partial charge on any atom is -0.455 e. The topological polar surface area (TPSA) is 104 Å². The van der Waals surface area contributed by atoms with Gasteiger partial charge in [-0.3, -0.25) is 0 Å². The Balaban J connectivity index is 1.31. The zero-order valence-electron chi connectivity index (χ0n) is 25.3. The molecule has 0 aliphatic rings. The Labute approximate surface area is 274 Å². The van der Waals surface area contributed by atoms with Crippen LogP contribution >= 0.6 is 0 Å². The van der Waals surface area contributed by atoms with Gasteiger partial charge in [-0.2, -0.15) is 10.5 Å². The van der Waals surface area contributed by atoms with Crippen molar-refractivity contribution in [2.45, 2.75) is 0 Å². The lowest BCUT2D eigenvalue weighted by atomic mass is 9.99. The Kier molecular flexibility index (Phi) is 6.11. The van der Waals surface area contributed by atoms with Gasteiger partial charge in [0.2, 0.25) is 0 Å². The van der Waals surface area contributed by atoms with Crippen molar-refractivity contribution < 1.29 is 4.42 Å². The average Bonchev–Trinajstić information content (AvgIpc) is 3.70. The molecule has 7 heteroatoms. The number of nitriles is 2. The first-order chi connectivity index (χ1) is 23.7. The molecule has 222 valence electrons. The Bertz CT molecular complexity index is 2740. The van der Waals surface area contributed by atoms with Crippen LogP contribution in [0.2, 0.25) is 0 Å². The van der Waals surface area contributed by atoms with E-state index in [1.54, 1.807) is 0 Å². The van der Waals surface area contributed by atoms with E-state index in [0.29, 0.717) is 28.7 Å². The van der Waals surface area contributed by atoms with Crippen molar-refractivity contribution in [1.29, 1.82) is 10.5 Å². The van der Waals surface area contributed by atoms with Gasteiger partial charge in [0.25, 0.3) is 0 Å². The summed E-state index contributed by atoms with van der Waals surface area (Å²) in [7, 11) is 0. The highest BCUT2D eigenvalue weighted by molar-refractivity contribution is 6.23. The average molecular weight is 615 g/mol. The quantitative estimate of drug-likeness (QED) is 0.195. The number of aromatic nitrogens is 4. The van der Waals surface area contributed by atoms with E-state index in [9.17, 15) is 10.5 Å². The second-order valence-electron chi connectivity index (χ2n) is 11.4. The third-order valence-corrected chi connectivity index (χ3v) is 8.77. The highest BCUT2D eigenvalue weighted by Crippen LogP contribution is 2.41. The van der Waals surface area contributed by atoms with Crippen molar-refractivity contribution in [3.05, 3.63) is 145 Å². The van der Waals surface area contributed by atoms with Gasteiger partial charge in [-0.15, -0.1) is 0 Å². The maximum Gasteiger partial charge on any atom is 0.165 e. The molecule has 0 aliphatic heterocycles. The van der Waals surface area contributed by atoms with E-state index in [2.05, 4.69) is 36.4 Å². The van der Waals surface area contributed by atoms with Crippen LogP contribution in [0.15, 0.2) is 138 Å². The van der Waals surface area contributed by atoms with E-state index in [4.69, 9.17) is 19.4 Å². The van der Waals surface area contributed by atoms with E-state index in [1.165, 1.54) is 0 Å². The van der Waals surface area contributed by atoms with Crippen LogP contribution in [0.5, 0.6) is 0 Å². The van der Waals surface area contributed by atoms with Crippen LogP contribution < -0.4 is 0 Å².